The number of hydrogen-bond donors (Lipinski definition) is 3. The van der Waals surface area contributed by atoms with Crippen LogP contribution in [0.25, 0.3) is 21.8 Å². The van der Waals surface area contributed by atoms with Crippen molar-refractivity contribution in [2.45, 2.75) is 13.0 Å². The highest BCUT2D eigenvalue weighted by molar-refractivity contribution is 7.80. The summed E-state index contributed by atoms with van der Waals surface area (Å²) < 4.78 is 2.16. The van der Waals surface area contributed by atoms with Crippen LogP contribution in [0, 0.1) is 0 Å². The van der Waals surface area contributed by atoms with Gasteiger partial charge < -0.3 is 9.88 Å². The summed E-state index contributed by atoms with van der Waals surface area (Å²) in [7, 11) is 0. The minimum Gasteiger partial charge on any atom is -0.340 e. The maximum Gasteiger partial charge on any atom is 0.240 e. The first-order valence-corrected chi connectivity index (χ1v) is 10.5. The molecule has 0 unspecified atom stereocenters. The Bertz CT molecular complexity index is 1200. The highest BCUT2D eigenvalue weighted by Crippen LogP contribution is 2.29. The van der Waals surface area contributed by atoms with Gasteiger partial charge in [-0.3, -0.25) is 15.6 Å². The summed E-state index contributed by atoms with van der Waals surface area (Å²) in [5.74, 6) is -0.171. The Morgan fingerprint density at radius 2 is 1.50 bits per heavy atom. The fourth-order valence-electron chi connectivity index (χ4n) is 3.38. The van der Waals surface area contributed by atoms with E-state index in [0.29, 0.717) is 28.7 Å². The maximum absolute atomic E-state index is 12.4. The molecule has 0 atom stereocenters. The van der Waals surface area contributed by atoms with Crippen molar-refractivity contribution in [1.29, 1.82) is 0 Å². The second-order valence-corrected chi connectivity index (χ2v) is 7.91. The van der Waals surface area contributed by atoms with E-state index in [2.05, 4.69) is 45.0 Å². The van der Waals surface area contributed by atoms with Crippen LogP contribution in [0.4, 0.5) is 5.69 Å². The Kier molecular flexibility index (Phi) is 6.08. The normalized spacial score (nSPS) is 10.9. The molecule has 3 N–H and O–H groups in total. The summed E-state index contributed by atoms with van der Waals surface area (Å²) in [5.41, 5.74) is 8.21. The smallest absolute Gasteiger partial charge is 0.240 e. The summed E-state index contributed by atoms with van der Waals surface area (Å²) in [5, 5.41) is 6.42. The lowest BCUT2D eigenvalue weighted by Crippen LogP contribution is -2.44. The van der Waals surface area contributed by atoms with Gasteiger partial charge in [0.05, 0.1) is 10.0 Å². The van der Waals surface area contributed by atoms with Crippen LogP contribution in [-0.4, -0.2) is 15.6 Å². The molecule has 0 aliphatic rings. The Hall–Kier alpha value is -2.80. The van der Waals surface area contributed by atoms with Crippen LogP contribution in [0.1, 0.15) is 6.42 Å². The number of aromatic nitrogens is 1. The first-order chi connectivity index (χ1) is 14.5. The number of nitrogens with one attached hydrogen (secondary N) is 3. The molecule has 8 heteroatoms. The molecule has 5 nitrogen and oxygen atoms in total. The lowest BCUT2D eigenvalue weighted by Gasteiger charge is -2.13. The minimum absolute atomic E-state index is 0.171. The van der Waals surface area contributed by atoms with Crippen LogP contribution in [0.15, 0.2) is 66.7 Å². The monoisotopic (exact) mass is 456 g/mol. The zero-order chi connectivity index (χ0) is 21.1. The number of aryl methyl sites for hydroxylation is 1. The quantitative estimate of drug-likeness (QED) is 0.280. The topological polar surface area (TPSA) is 58.1 Å². The van der Waals surface area contributed by atoms with Gasteiger partial charge in [0.2, 0.25) is 5.91 Å². The number of nitrogens with zero attached hydrogens (tertiary/aromatic N) is 1. The van der Waals surface area contributed by atoms with Crippen molar-refractivity contribution in [2.75, 3.05) is 5.32 Å². The summed E-state index contributed by atoms with van der Waals surface area (Å²) >= 11 is 17.1. The zero-order valence-corrected chi connectivity index (χ0v) is 18.1. The van der Waals surface area contributed by atoms with E-state index >= 15 is 0 Å². The minimum atomic E-state index is -0.171. The van der Waals surface area contributed by atoms with Crippen LogP contribution in [0.2, 0.25) is 10.0 Å². The lowest BCUT2D eigenvalue weighted by molar-refractivity contribution is -0.121. The zero-order valence-electron chi connectivity index (χ0n) is 15.8. The standard InChI is InChI=1S/C22H18Cl2N4OS/c23-17-10-9-14(13-18(17)24)25-22(30)27-26-21(29)11-12-28-19-7-3-1-5-15(19)16-6-2-4-8-20(16)28/h1-10,13H,11-12H2,(H,26,29)(H2,25,27,30). The van der Waals surface area contributed by atoms with E-state index in [4.69, 9.17) is 35.4 Å². The number of para-hydroxylation sites is 2. The predicted molar refractivity (Wildman–Crippen MR) is 128 cm³/mol. The number of hydrazine groups is 1. The van der Waals surface area contributed by atoms with Crippen LogP contribution < -0.4 is 16.2 Å². The Morgan fingerprint density at radius 1 is 0.867 bits per heavy atom. The van der Waals surface area contributed by atoms with Gasteiger partial charge in [0.25, 0.3) is 0 Å². The van der Waals surface area contributed by atoms with E-state index in [1.165, 1.54) is 10.8 Å². The molecule has 3 aromatic carbocycles. The molecule has 4 rings (SSSR count). The number of carbonyl (C=O) groups excluding carboxylic acids is 1. The molecule has 0 radical (unpaired) electrons. The largest absolute Gasteiger partial charge is 0.340 e. The number of hydrogen-bond acceptors (Lipinski definition) is 2. The van der Waals surface area contributed by atoms with E-state index in [1.54, 1.807) is 18.2 Å². The highest BCUT2D eigenvalue weighted by Gasteiger charge is 2.11. The summed E-state index contributed by atoms with van der Waals surface area (Å²) in [4.78, 5) is 12.4. The van der Waals surface area contributed by atoms with Crippen molar-refractivity contribution in [3.8, 4) is 0 Å². The van der Waals surface area contributed by atoms with E-state index in [0.717, 1.165) is 11.0 Å². The number of fused-ring (bicyclic) bond motifs is 3. The molecule has 1 heterocycles. The number of benzene rings is 3. The molecule has 1 amide bonds. The number of thiocarbonyl (C=S) groups is 1. The van der Waals surface area contributed by atoms with Gasteiger partial charge in [-0.25, -0.2) is 0 Å². The Morgan fingerprint density at radius 3 is 2.13 bits per heavy atom. The molecule has 0 saturated heterocycles. The first-order valence-electron chi connectivity index (χ1n) is 9.30. The van der Waals surface area contributed by atoms with Crippen molar-refractivity contribution in [1.82, 2.24) is 15.4 Å². The van der Waals surface area contributed by atoms with Gasteiger partial charge in [0.15, 0.2) is 5.11 Å². The number of halogens is 2. The molecular weight excluding hydrogens is 439 g/mol. The molecule has 0 saturated carbocycles. The summed E-state index contributed by atoms with van der Waals surface area (Å²) in [6.45, 7) is 0.550. The molecule has 1 aromatic heterocycles. The van der Waals surface area contributed by atoms with Gasteiger partial charge in [0, 0.05) is 40.5 Å². The third-order valence-corrected chi connectivity index (χ3v) is 5.68. The fourth-order valence-corrected chi connectivity index (χ4v) is 3.85. The van der Waals surface area contributed by atoms with Gasteiger partial charge in [-0.05, 0) is 42.5 Å². The second-order valence-electron chi connectivity index (χ2n) is 6.69. The van der Waals surface area contributed by atoms with Crippen molar-refractivity contribution < 1.29 is 4.79 Å². The lowest BCUT2D eigenvalue weighted by atomic mass is 10.2. The third-order valence-electron chi connectivity index (χ3n) is 4.74. The third kappa shape index (κ3) is 4.36. The van der Waals surface area contributed by atoms with Crippen LogP contribution in [0.3, 0.4) is 0 Å². The van der Waals surface area contributed by atoms with E-state index in [9.17, 15) is 4.79 Å². The van der Waals surface area contributed by atoms with E-state index < -0.39 is 0 Å². The molecule has 0 aliphatic carbocycles. The Labute approximate surface area is 188 Å². The molecule has 0 fully saturated rings. The van der Waals surface area contributed by atoms with Crippen molar-refractivity contribution in [2.24, 2.45) is 0 Å². The number of anilines is 1. The average molecular weight is 457 g/mol. The molecule has 0 spiro atoms. The maximum atomic E-state index is 12.4. The second kappa shape index (κ2) is 8.92. The SMILES string of the molecule is O=C(CCn1c2ccccc2c2ccccc21)NNC(=S)Nc1ccc(Cl)c(Cl)c1. The van der Waals surface area contributed by atoms with Crippen LogP contribution in [-0.2, 0) is 11.3 Å². The van der Waals surface area contributed by atoms with Crippen molar-refractivity contribution in [3.63, 3.8) is 0 Å². The fraction of sp³-hybridized carbons (Fsp3) is 0.0909. The molecule has 4 aromatic rings. The predicted octanol–water partition coefficient (Wildman–Crippen LogP) is 5.51. The summed E-state index contributed by atoms with van der Waals surface area (Å²) in [6.07, 6.45) is 0.297. The van der Waals surface area contributed by atoms with Crippen molar-refractivity contribution >= 4 is 73.9 Å². The molecule has 0 aliphatic heterocycles. The van der Waals surface area contributed by atoms with Gasteiger partial charge in [-0.1, -0.05) is 59.6 Å². The molecule has 0 bridgehead atoms. The van der Waals surface area contributed by atoms with Gasteiger partial charge in [-0.2, -0.15) is 0 Å². The average Bonchev–Trinajstić information content (AvgIpc) is 3.07. The number of rotatable bonds is 4. The molecule has 30 heavy (non-hydrogen) atoms. The van der Waals surface area contributed by atoms with Gasteiger partial charge in [-0.15, -0.1) is 0 Å². The molecular formula is C22H18Cl2N4OS. The molecule has 152 valence electrons. The van der Waals surface area contributed by atoms with Crippen LogP contribution >= 0.6 is 35.4 Å². The van der Waals surface area contributed by atoms with Crippen LogP contribution in [0.5, 0.6) is 0 Å². The number of amides is 1. The van der Waals surface area contributed by atoms with Gasteiger partial charge in [0.1, 0.15) is 0 Å². The Balaban J connectivity index is 1.37. The first kappa shape index (κ1) is 20.5. The van der Waals surface area contributed by atoms with E-state index in [-0.39, 0.29) is 11.0 Å². The van der Waals surface area contributed by atoms with Gasteiger partial charge >= 0.3 is 0 Å². The highest BCUT2D eigenvalue weighted by atomic mass is 35.5. The van der Waals surface area contributed by atoms with Crippen molar-refractivity contribution in [3.05, 3.63) is 76.8 Å². The summed E-state index contributed by atoms with van der Waals surface area (Å²) in [6, 6.07) is 21.5. The van der Waals surface area contributed by atoms with E-state index in [1.807, 2.05) is 24.3 Å². The number of carbonyl (C=O) groups is 1.